The van der Waals surface area contributed by atoms with Gasteiger partial charge in [-0.05, 0) is 13.0 Å². The van der Waals surface area contributed by atoms with E-state index < -0.39 is 0 Å². The molecule has 0 aliphatic carbocycles. The van der Waals surface area contributed by atoms with Crippen LogP contribution < -0.4 is 10.0 Å². The van der Waals surface area contributed by atoms with Gasteiger partial charge in [0.1, 0.15) is 0 Å². The second-order valence-electron chi connectivity index (χ2n) is 7.13. The van der Waals surface area contributed by atoms with E-state index >= 15 is 0 Å². The summed E-state index contributed by atoms with van der Waals surface area (Å²) < 4.78 is 2.01. The minimum atomic E-state index is -0.0565. The molecule has 31 heavy (non-hydrogen) atoms. The molecule has 2 amide bonds. The van der Waals surface area contributed by atoms with E-state index in [9.17, 15) is 9.59 Å². The number of amides is 2. The number of carbonyl (C=O) groups is 2. The summed E-state index contributed by atoms with van der Waals surface area (Å²) in [6.45, 7) is 16.1. The van der Waals surface area contributed by atoms with Gasteiger partial charge in [-0.3, -0.25) is 9.59 Å². The lowest BCUT2D eigenvalue weighted by Crippen LogP contribution is -2.45. The van der Waals surface area contributed by atoms with Gasteiger partial charge in [0.15, 0.2) is 0 Å². The Morgan fingerprint density at radius 2 is 1.13 bits per heavy atom. The molecule has 3 aromatic rings. The molecule has 0 radical (unpaired) electrons. The van der Waals surface area contributed by atoms with E-state index in [1.807, 2.05) is 44.6 Å². The van der Waals surface area contributed by atoms with Gasteiger partial charge in [-0.1, -0.05) is 50.4 Å². The molecule has 8 nitrogen and oxygen atoms in total. The molecule has 0 atom stereocenters. The van der Waals surface area contributed by atoms with Crippen molar-refractivity contribution in [2.45, 2.75) is 48.5 Å². The Kier molecular flexibility index (Phi) is 7.25. The first kappa shape index (κ1) is 23.5. The third kappa shape index (κ3) is 4.30. The number of hydrogen-bond acceptors (Lipinski definition) is 8. The number of carbonyl (C=O) groups excluding carboxylic acids is 2. The Morgan fingerprint density at radius 1 is 0.774 bits per heavy atom. The first-order valence-corrected chi connectivity index (χ1v) is 12.2. The zero-order chi connectivity index (χ0) is 22.9. The van der Waals surface area contributed by atoms with Crippen LogP contribution in [-0.4, -0.2) is 58.0 Å². The van der Waals surface area contributed by atoms with Crippen molar-refractivity contribution < 1.29 is 9.59 Å². The van der Waals surface area contributed by atoms with E-state index in [-0.39, 0.29) is 11.8 Å². The molecule has 0 saturated carbocycles. The van der Waals surface area contributed by atoms with Crippen LogP contribution in [0.5, 0.6) is 0 Å². The maximum absolute atomic E-state index is 12.4. The highest BCUT2D eigenvalue weighted by atomic mass is 32.1. The Morgan fingerprint density at radius 3 is 1.42 bits per heavy atom. The molecule has 0 bridgehead atoms. The van der Waals surface area contributed by atoms with Crippen molar-refractivity contribution in [2.24, 2.45) is 0 Å². The van der Waals surface area contributed by atoms with E-state index in [2.05, 4.69) is 6.07 Å². The summed E-state index contributed by atoms with van der Waals surface area (Å²) in [5.41, 5.74) is 2.66. The number of benzene rings is 1. The number of nitrogens with zero attached hydrogens (tertiary/aromatic N) is 6. The second-order valence-corrected chi connectivity index (χ2v) is 9.15. The lowest BCUT2D eigenvalue weighted by atomic mass is 10.2. The molecule has 0 aliphatic rings. The van der Waals surface area contributed by atoms with Crippen molar-refractivity contribution in [3.05, 3.63) is 11.6 Å². The van der Waals surface area contributed by atoms with Gasteiger partial charge < -0.3 is 0 Å². The summed E-state index contributed by atoms with van der Waals surface area (Å²) in [6.07, 6.45) is 0. The monoisotopic (exact) mass is 462 g/mol. The largest absolute Gasteiger partial charge is 0.273 e. The van der Waals surface area contributed by atoms with Crippen LogP contribution in [-0.2, 0) is 9.59 Å². The molecular formula is C21H30N6O2S2. The van der Waals surface area contributed by atoms with Crippen molar-refractivity contribution >= 4 is 65.2 Å². The van der Waals surface area contributed by atoms with E-state index in [4.69, 9.17) is 9.97 Å². The lowest BCUT2D eigenvalue weighted by Gasteiger charge is -2.30. The zero-order valence-corrected chi connectivity index (χ0v) is 20.9. The molecule has 2 heterocycles. The molecular weight excluding hydrogens is 432 g/mol. The lowest BCUT2D eigenvalue weighted by molar-refractivity contribution is -0.120. The van der Waals surface area contributed by atoms with Gasteiger partial charge in [0, 0.05) is 45.6 Å². The third-order valence-corrected chi connectivity index (χ3v) is 7.20. The minimum absolute atomic E-state index is 0.0565. The van der Waals surface area contributed by atoms with Crippen LogP contribution >= 0.6 is 22.7 Å². The molecule has 3 rings (SSSR count). The van der Waals surface area contributed by atoms with Crippen LogP contribution in [0.15, 0.2) is 6.07 Å². The van der Waals surface area contributed by atoms with Gasteiger partial charge in [0.2, 0.25) is 22.1 Å². The number of aryl methyl sites for hydroxylation is 1. The summed E-state index contributed by atoms with van der Waals surface area (Å²) in [5.74, 6) is -0.113. The van der Waals surface area contributed by atoms with Crippen molar-refractivity contribution in [2.75, 3.05) is 36.2 Å². The standard InChI is InChI=1S/C21H30N6O2S2/c1-8-24(9-2)26(14(6)28)20-22-18-13(5)19-17(12-16(18)30-20)31-21(23-19)27(15(7)29)25(10-3)11-4/h12H,8-11H2,1-7H3. The molecule has 0 fully saturated rings. The fourth-order valence-corrected chi connectivity index (χ4v) is 6.06. The van der Waals surface area contributed by atoms with Gasteiger partial charge in [-0.25, -0.2) is 30.0 Å². The second kappa shape index (κ2) is 9.56. The SMILES string of the molecule is CCN(CC)N(C(C)=O)c1nc2c(C)c3nc(N(C(C)=O)N(CC)CC)sc3cc2s1. The summed E-state index contributed by atoms with van der Waals surface area (Å²) in [6, 6.07) is 2.07. The summed E-state index contributed by atoms with van der Waals surface area (Å²) in [4.78, 5) is 34.3. The summed E-state index contributed by atoms with van der Waals surface area (Å²) in [5, 5.41) is 8.61. The molecule has 0 aliphatic heterocycles. The average Bonchev–Trinajstić information content (AvgIpc) is 3.33. The van der Waals surface area contributed by atoms with Gasteiger partial charge in [-0.15, -0.1) is 0 Å². The van der Waals surface area contributed by atoms with E-state index in [0.29, 0.717) is 10.3 Å². The zero-order valence-electron chi connectivity index (χ0n) is 19.2. The van der Waals surface area contributed by atoms with Crippen LogP contribution in [0.2, 0.25) is 0 Å². The van der Waals surface area contributed by atoms with Crippen LogP contribution in [0.25, 0.3) is 20.4 Å². The van der Waals surface area contributed by atoms with Crippen molar-refractivity contribution in [1.29, 1.82) is 0 Å². The van der Waals surface area contributed by atoms with Crippen molar-refractivity contribution in [1.82, 2.24) is 20.0 Å². The summed E-state index contributed by atoms with van der Waals surface area (Å²) in [7, 11) is 0. The van der Waals surface area contributed by atoms with Crippen molar-refractivity contribution in [3.63, 3.8) is 0 Å². The molecule has 168 valence electrons. The maximum Gasteiger partial charge on any atom is 0.240 e. The van der Waals surface area contributed by atoms with Crippen LogP contribution in [0.3, 0.4) is 0 Å². The van der Waals surface area contributed by atoms with Gasteiger partial charge in [-0.2, -0.15) is 0 Å². The normalized spacial score (nSPS) is 11.8. The number of anilines is 2. The van der Waals surface area contributed by atoms with Crippen LogP contribution in [0.1, 0.15) is 47.1 Å². The van der Waals surface area contributed by atoms with Crippen LogP contribution in [0.4, 0.5) is 10.3 Å². The smallest absolute Gasteiger partial charge is 0.240 e. The molecule has 1 aromatic carbocycles. The van der Waals surface area contributed by atoms with E-state index in [1.54, 1.807) is 23.9 Å². The van der Waals surface area contributed by atoms with E-state index in [0.717, 1.165) is 52.2 Å². The molecule has 0 saturated heterocycles. The fourth-order valence-electron chi connectivity index (χ4n) is 3.71. The molecule has 2 aromatic heterocycles. The Labute approximate surface area is 191 Å². The van der Waals surface area contributed by atoms with Gasteiger partial charge >= 0.3 is 0 Å². The van der Waals surface area contributed by atoms with Gasteiger partial charge in [0.25, 0.3) is 0 Å². The first-order valence-electron chi connectivity index (χ1n) is 10.6. The average molecular weight is 463 g/mol. The number of thiazole rings is 2. The predicted molar refractivity (Wildman–Crippen MR) is 130 cm³/mol. The topological polar surface area (TPSA) is 72.9 Å². The predicted octanol–water partition coefficient (Wildman–Crippen LogP) is 4.43. The number of fused-ring (bicyclic) bond motifs is 2. The highest BCUT2D eigenvalue weighted by Crippen LogP contribution is 2.39. The quantitative estimate of drug-likeness (QED) is 0.461. The van der Waals surface area contributed by atoms with Crippen LogP contribution in [0, 0.1) is 6.92 Å². The van der Waals surface area contributed by atoms with E-state index in [1.165, 1.54) is 22.7 Å². The highest BCUT2D eigenvalue weighted by Gasteiger charge is 2.25. The summed E-state index contributed by atoms with van der Waals surface area (Å²) >= 11 is 3.00. The Hall–Kier alpha value is -2.14. The maximum atomic E-state index is 12.4. The minimum Gasteiger partial charge on any atom is -0.273 e. The highest BCUT2D eigenvalue weighted by molar-refractivity contribution is 7.24. The molecule has 0 unspecified atom stereocenters. The number of aromatic nitrogens is 2. The molecule has 0 spiro atoms. The number of rotatable bonds is 8. The molecule has 10 heteroatoms. The fraction of sp³-hybridized carbons (Fsp3) is 0.524. The molecule has 0 N–H and O–H groups in total. The first-order chi connectivity index (χ1) is 14.8. The number of hydrazine groups is 2. The Bertz CT molecular complexity index is 1020. The Balaban J connectivity index is 2.13. The van der Waals surface area contributed by atoms with Crippen molar-refractivity contribution in [3.8, 4) is 0 Å². The third-order valence-electron chi connectivity index (χ3n) is 5.24. The van der Waals surface area contributed by atoms with Gasteiger partial charge in [0.05, 0.1) is 20.4 Å². The number of hydrogen-bond donors (Lipinski definition) is 0.